The first-order valence-electron chi connectivity index (χ1n) is 12.3. The third kappa shape index (κ3) is 3.88. The average Bonchev–Trinajstić information content (AvgIpc) is 3.68. The van der Waals surface area contributed by atoms with Crippen LogP contribution in [0.25, 0.3) is 55.8 Å². The minimum atomic E-state index is 0.803. The van der Waals surface area contributed by atoms with Crippen LogP contribution in [-0.2, 0) is 6.54 Å². The van der Waals surface area contributed by atoms with Gasteiger partial charge in [-0.25, -0.2) is 4.98 Å². The number of piperidine rings is 1. The number of likely N-dealkylation sites (tertiary alicyclic amines) is 1. The minimum absolute atomic E-state index is 0.803. The maximum Gasteiger partial charge on any atom is 0.135 e. The molecule has 0 spiro atoms. The van der Waals surface area contributed by atoms with Gasteiger partial charge in [-0.3, -0.25) is 20.0 Å². The molecule has 0 aromatic carbocycles. The molecule has 0 atom stereocenters. The molecule has 1 fully saturated rings. The number of pyridine rings is 3. The topological polar surface area (TPSA) is 86.4 Å². The summed E-state index contributed by atoms with van der Waals surface area (Å²) < 4.78 is 0. The van der Waals surface area contributed by atoms with E-state index in [2.05, 4.69) is 59.0 Å². The Labute approximate surface area is 212 Å². The molecule has 0 amide bonds. The van der Waals surface area contributed by atoms with Crippen molar-refractivity contribution in [3.05, 3.63) is 71.3 Å². The number of fused-ring (bicyclic) bond motifs is 2. The van der Waals surface area contributed by atoms with Crippen molar-refractivity contribution < 1.29 is 0 Å². The Balaban J connectivity index is 1.26. The van der Waals surface area contributed by atoms with Gasteiger partial charge in [-0.2, -0.15) is 16.4 Å². The maximum atomic E-state index is 5.03. The van der Waals surface area contributed by atoms with Gasteiger partial charge in [0.1, 0.15) is 11.2 Å². The second-order valence-corrected chi connectivity index (χ2v) is 10.2. The molecule has 7 rings (SSSR count). The van der Waals surface area contributed by atoms with E-state index in [1.54, 1.807) is 11.3 Å². The lowest BCUT2D eigenvalue weighted by Gasteiger charge is -2.26. The highest BCUT2D eigenvalue weighted by Gasteiger charge is 2.17. The quantitative estimate of drug-likeness (QED) is 0.296. The number of nitrogens with zero attached hydrogens (tertiary/aromatic N) is 5. The normalized spacial score (nSPS) is 14.7. The van der Waals surface area contributed by atoms with Crippen LogP contribution in [0.4, 0.5) is 0 Å². The summed E-state index contributed by atoms with van der Waals surface area (Å²) in [6, 6.07) is 12.5. The number of hydrogen-bond acceptors (Lipinski definition) is 6. The van der Waals surface area contributed by atoms with Crippen LogP contribution in [0.2, 0.25) is 0 Å². The van der Waals surface area contributed by atoms with Gasteiger partial charge in [0.05, 0.1) is 22.6 Å². The number of aromatic nitrogens is 6. The van der Waals surface area contributed by atoms with Crippen molar-refractivity contribution in [1.29, 1.82) is 0 Å². The number of thiophene rings is 1. The summed E-state index contributed by atoms with van der Waals surface area (Å²) >= 11 is 1.67. The summed E-state index contributed by atoms with van der Waals surface area (Å²) in [5, 5.41) is 13.0. The van der Waals surface area contributed by atoms with E-state index in [4.69, 9.17) is 4.98 Å². The molecule has 0 saturated carbocycles. The second-order valence-electron chi connectivity index (χ2n) is 9.40. The van der Waals surface area contributed by atoms with E-state index in [9.17, 15) is 0 Å². The Morgan fingerprint density at radius 2 is 1.86 bits per heavy atom. The monoisotopic (exact) mass is 491 g/mol. The van der Waals surface area contributed by atoms with Crippen LogP contribution in [0.15, 0.2) is 65.7 Å². The van der Waals surface area contributed by atoms with Crippen LogP contribution < -0.4 is 0 Å². The molecule has 0 bridgehead atoms. The van der Waals surface area contributed by atoms with Gasteiger partial charge in [0.25, 0.3) is 0 Å². The Morgan fingerprint density at radius 1 is 0.917 bits per heavy atom. The molecule has 0 unspecified atom stereocenters. The predicted molar refractivity (Wildman–Crippen MR) is 145 cm³/mol. The van der Waals surface area contributed by atoms with E-state index in [0.717, 1.165) is 62.4 Å². The molecule has 8 heteroatoms. The highest BCUT2D eigenvalue weighted by Crippen LogP contribution is 2.33. The molecule has 7 heterocycles. The molecule has 178 valence electrons. The van der Waals surface area contributed by atoms with E-state index >= 15 is 0 Å². The first kappa shape index (κ1) is 21.4. The number of aromatic amines is 2. The van der Waals surface area contributed by atoms with Gasteiger partial charge in [-0.15, -0.1) is 0 Å². The summed E-state index contributed by atoms with van der Waals surface area (Å²) in [6.07, 6.45) is 9.63. The fourth-order valence-electron chi connectivity index (χ4n) is 5.15. The van der Waals surface area contributed by atoms with Gasteiger partial charge in [0, 0.05) is 52.5 Å². The summed E-state index contributed by atoms with van der Waals surface area (Å²) in [7, 11) is 0. The van der Waals surface area contributed by atoms with Crippen LogP contribution in [0.3, 0.4) is 0 Å². The zero-order valence-corrected chi connectivity index (χ0v) is 20.6. The summed E-state index contributed by atoms with van der Waals surface area (Å²) in [5.41, 5.74) is 9.75. The molecule has 1 aliphatic rings. The first-order chi connectivity index (χ1) is 17.8. The molecule has 2 N–H and O–H groups in total. The molecule has 6 aromatic heterocycles. The van der Waals surface area contributed by atoms with Crippen LogP contribution in [0, 0.1) is 0 Å². The van der Waals surface area contributed by atoms with E-state index in [0.29, 0.717) is 0 Å². The van der Waals surface area contributed by atoms with Crippen LogP contribution in [-0.4, -0.2) is 48.1 Å². The van der Waals surface area contributed by atoms with Gasteiger partial charge >= 0.3 is 0 Å². The summed E-state index contributed by atoms with van der Waals surface area (Å²) in [6.45, 7) is 3.28. The van der Waals surface area contributed by atoms with Crippen molar-refractivity contribution in [2.45, 2.75) is 25.8 Å². The van der Waals surface area contributed by atoms with Gasteiger partial charge in [0.15, 0.2) is 0 Å². The van der Waals surface area contributed by atoms with Crippen molar-refractivity contribution in [2.24, 2.45) is 0 Å². The Kier molecular flexibility index (Phi) is 5.33. The lowest BCUT2D eigenvalue weighted by atomic mass is 10.1. The molecule has 0 radical (unpaired) electrons. The highest BCUT2D eigenvalue weighted by molar-refractivity contribution is 7.08. The fraction of sp³-hybridized carbons (Fsp3) is 0.214. The van der Waals surface area contributed by atoms with E-state index < -0.39 is 0 Å². The fourth-order valence-corrected chi connectivity index (χ4v) is 5.79. The summed E-state index contributed by atoms with van der Waals surface area (Å²) in [4.78, 5) is 20.3. The zero-order valence-electron chi connectivity index (χ0n) is 19.7. The largest absolute Gasteiger partial charge is 0.353 e. The zero-order chi connectivity index (χ0) is 23.9. The standard InChI is InChI=1S/C28H25N7S/c1-2-9-35(10-3-1)16-18-12-20(15-29-14-18)22-4-5-24-27(32-22)28(34-33-24)25-13-21-23(31-25)6-8-30-26(21)19-7-11-36-17-19/h4-8,11-15,17,31H,1-3,9-10,16H2,(H,33,34). The number of nitrogens with one attached hydrogen (secondary N) is 2. The SMILES string of the molecule is c1cc2[nH]c(-c3n[nH]c4ccc(-c5cncc(CN6CCCCC6)c5)nc34)cc2c(-c2ccsc2)n1. The number of rotatable bonds is 5. The van der Waals surface area contributed by atoms with E-state index in [1.807, 2.05) is 36.8 Å². The molecule has 6 aromatic rings. The van der Waals surface area contributed by atoms with Crippen LogP contribution in [0.1, 0.15) is 24.8 Å². The number of H-pyrrole nitrogens is 2. The lowest BCUT2D eigenvalue weighted by molar-refractivity contribution is 0.220. The molecule has 0 aliphatic carbocycles. The van der Waals surface area contributed by atoms with Gasteiger partial charge in [-0.1, -0.05) is 6.42 Å². The van der Waals surface area contributed by atoms with Crippen molar-refractivity contribution in [2.75, 3.05) is 13.1 Å². The summed E-state index contributed by atoms with van der Waals surface area (Å²) in [5.74, 6) is 0. The third-order valence-electron chi connectivity index (χ3n) is 6.95. The predicted octanol–water partition coefficient (Wildman–Crippen LogP) is 6.28. The van der Waals surface area contributed by atoms with Crippen LogP contribution in [0.5, 0.6) is 0 Å². The highest BCUT2D eigenvalue weighted by atomic mass is 32.1. The van der Waals surface area contributed by atoms with Crippen molar-refractivity contribution in [1.82, 2.24) is 35.0 Å². The number of hydrogen-bond donors (Lipinski definition) is 2. The second kappa shape index (κ2) is 8.96. The third-order valence-corrected chi connectivity index (χ3v) is 7.63. The van der Waals surface area contributed by atoms with Gasteiger partial charge < -0.3 is 4.98 Å². The van der Waals surface area contributed by atoms with Crippen molar-refractivity contribution in [3.8, 4) is 33.9 Å². The maximum absolute atomic E-state index is 5.03. The van der Waals surface area contributed by atoms with Crippen molar-refractivity contribution >= 4 is 33.3 Å². The minimum Gasteiger partial charge on any atom is -0.353 e. The van der Waals surface area contributed by atoms with Gasteiger partial charge in [-0.05, 0) is 73.3 Å². The molecule has 7 nitrogen and oxygen atoms in total. The molecular formula is C28H25N7S. The molecule has 36 heavy (non-hydrogen) atoms. The van der Waals surface area contributed by atoms with E-state index in [-0.39, 0.29) is 0 Å². The first-order valence-corrected chi connectivity index (χ1v) is 13.3. The van der Waals surface area contributed by atoms with Crippen LogP contribution >= 0.6 is 11.3 Å². The molecular weight excluding hydrogens is 466 g/mol. The Hall–Kier alpha value is -3.88. The smallest absolute Gasteiger partial charge is 0.135 e. The van der Waals surface area contributed by atoms with E-state index in [1.165, 1.54) is 37.9 Å². The van der Waals surface area contributed by atoms with Gasteiger partial charge in [0.2, 0.25) is 0 Å². The Bertz CT molecular complexity index is 1660. The average molecular weight is 492 g/mol. The lowest BCUT2D eigenvalue weighted by Crippen LogP contribution is -2.29. The molecule has 1 aliphatic heterocycles. The molecule has 1 saturated heterocycles. The Morgan fingerprint density at radius 3 is 2.75 bits per heavy atom. The van der Waals surface area contributed by atoms with Crippen molar-refractivity contribution in [3.63, 3.8) is 0 Å².